The second-order valence-corrected chi connectivity index (χ2v) is 11.1. The number of methoxy groups -OCH3 is 1. The van der Waals surface area contributed by atoms with Crippen molar-refractivity contribution in [2.75, 3.05) is 39.8 Å². The molecule has 1 N–H and O–H groups in total. The molecule has 2 aliphatic rings. The van der Waals surface area contributed by atoms with Crippen LogP contribution in [0.4, 0.5) is 0 Å². The van der Waals surface area contributed by atoms with Gasteiger partial charge in [-0.05, 0) is 74.0 Å². The maximum Gasteiger partial charge on any atom is 0.321 e. The molecule has 0 aromatic heterocycles. The number of amides is 1. The van der Waals surface area contributed by atoms with Crippen molar-refractivity contribution < 1.29 is 22.7 Å². The maximum atomic E-state index is 13.2. The van der Waals surface area contributed by atoms with Crippen LogP contribution < -0.4 is 5.32 Å². The van der Waals surface area contributed by atoms with Gasteiger partial charge >= 0.3 is 5.97 Å². The lowest BCUT2D eigenvalue weighted by atomic mass is 9.93. The summed E-state index contributed by atoms with van der Waals surface area (Å²) in [6.07, 6.45) is 4.08. The molecule has 4 rings (SSSR count). The number of hydrogen-bond acceptors (Lipinski definition) is 6. The molecule has 196 valence electrons. The van der Waals surface area contributed by atoms with Crippen LogP contribution in [0.15, 0.2) is 53.4 Å². The van der Waals surface area contributed by atoms with Gasteiger partial charge in [-0.15, -0.1) is 12.4 Å². The number of halogens is 1. The van der Waals surface area contributed by atoms with Crippen LogP contribution in [0.25, 0.3) is 0 Å². The highest BCUT2D eigenvalue weighted by Crippen LogP contribution is 2.25. The summed E-state index contributed by atoms with van der Waals surface area (Å²) < 4.78 is 32.3. The third-order valence-electron chi connectivity index (χ3n) is 6.88. The van der Waals surface area contributed by atoms with Gasteiger partial charge in [-0.2, -0.15) is 4.31 Å². The summed E-state index contributed by atoms with van der Waals surface area (Å²) >= 11 is 0. The number of piperidine rings is 1. The number of fused-ring (bicyclic) bond motifs is 1. The molecule has 2 aliphatic heterocycles. The number of rotatable bonds is 9. The number of sulfonamides is 1. The van der Waals surface area contributed by atoms with E-state index in [9.17, 15) is 18.0 Å². The van der Waals surface area contributed by atoms with Gasteiger partial charge in [0.2, 0.25) is 10.0 Å². The molecule has 1 fully saturated rings. The number of nitrogens with one attached hydrogen (secondary N) is 1. The van der Waals surface area contributed by atoms with Crippen LogP contribution in [0, 0.1) is 5.92 Å². The minimum absolute atomic E-state index is 0. The molecule has 0 radical (unpaired) electrons. The highest BCUT2D eigenvalue weighted by atomic mass is 35.5. The predicted molar refractivity (Wildman–Crippen MR) is 140 cm³/mol. The molecule has 2 heterocycles. The van der Waals surface area contributed by atoms with Gasteiger partial charge in [-0.3, -0.25) is 9.59 Å². The largest absolute Gasteiger partial charge is 0.468 e. The van der Waals surface area contributed by atoms with E-state index in [1.165, 1.54) is 19.2 Å². The number of hydrogen-bond donors (Lipinski definition) is 1. The molecule has 0 spiro atoms. The molecule has 0 unspecified atom stereocenters. The Bertz CT molecular complexity index is 1150. The van der Waals surface area contributed by atoms with E-state index >= 15 is 0 Å². The zero-order chi connectivity index (χ0) is 24.8. The van der Waals surface area contributed by atoms with E-state index in [0.717, 1.165) is 60.7 Å². The summed E-state index contributed by atoms with van der Waals surface area (Å²) in [6, 6.07) is 13.5. The molecule has 0 saturated carbocycles. The maximum absolute atomic E-state index is 13.2. The molecular formula is C26H34ClN3O5S. The minimum atomic E-state index is -3.91. The topological polar surface area (TPSA) is 96.0 Å². The minimum Gasteiger partial charge on any atom is -0.468 e. The monoisotopic (exact) mass is 535 g/mol. The Morgan fingerprint density at radius 1 is 1.14 bits per heavy atom. The molecule has 0 aliphatic carbocycles. The molecular weight excluding hydrogens is 502 g/mol. The first kappa shape index (κ1) is 28.1. The highest BCUT2D eigenvalue weighted by Gasteiger charge is 2.29. The number of ether oxygens (including phenoxy) is 1. The van der Waals surface area contributed by atoms with Crippen LogP contribution in [0.2, 0.25) is 0 Å². The first-order valence-corrected chi connectivity index (χ1v) is 13.6. The Morgan fingerprint density at radius 3 is 2.56 bits per heavy atom. The normalized spacial score (nSPS) is 16.4. The fraction of sp³-hybridized carbons (Fsp3) is 0.462. The van der Waals surface area contributed by atoms with Crippen molar-refractivity contribution in [2.45, 2.75) is 37.1 Å². The first-order chi connectivity index (χ1) is 16.9. The Kier molecular flexibility index (Phi) is 9.90. The van der Waals surface area contributed by atoms with Crippen LogP contribution in [0.3, 0.4) is 0 Å². The lowest BCUT2D eigenvalue weighted by Crippen LogP contribution is -2.40. The van der Waals surface area contributed by atoms with Crippen LogP contribution in [-0.4, -0.2) is 69.3 Å². The summed E-state index contributed by atoms with van der Waals surface area (Å²) in [5, 5.41) is 3.38. The van der Waals surface area contributed by atoms with Gasteiger partial charge in [-0.1, -0.05) is 30.3 Å². The van der Waals surface area contributed by atoms with Gasteiger partial charge < -0.3 is 15.0 Å². The van der Waals surface area contributed by atoms with E-state index in [4.69, 9.17) is 4.74 Å². The lowest BCUT2D eigenvalue weighted by Gasteiger charge is -2.31. The smallest absolute Gasteiger partial charge is 0.321 e. The Morgan fingerprint density at radius 2 is 1.86 bits per heavy atom. The van der Waals surface area contributed by atoms with E-state index in [-0.39, 0.29) is 29.8 Å². The van der Waals surface area contributed by atoms with Crippen molar-refractivity contribution >= 4 is 34.3 Å². The predicted octanol–water partition coefficient (Wildman–Crippen LogP) is 2.86. The number of carbonyl (C=O) groups excluding carboxylic acids is 2. The van der Waals surface area contributed by atoms with Crippen molar-refractivity contribution in [3.05, 3.63) is 65.2 Å². The van der Waals surface area contributed by atoms with Crippen molar-refractivity contribution in [3.63, 3.8) is 0 Å². The third-order valence-corrected chi connectivity index (χ3v) is 8.68. The summed E-state index contributed by atoms with van der Waals surface area (Å²) in [5.74, 6) is 0.0669. The molecule has 0 atom stereocenters. The van der Waals surface area contributed by atoms with Crippen molar-refractivity contribution in [3.8, 4) is 0 Å². The van der Waals surface area contributed by atoms with Crippen LogP contribution >= 0.6 is 12.4 Å². The summed E-state index contributed by atoms with van der Waals surface area (Å²) in [6.45, 7) is 3.15. The molecule has 0 bridgehead atoms. The molecule has 1 amide bonds. The second kappa shape index (κ2) is 12.7. The Hall–Kier alpha value is -2.46. The Labute approximate surface area is 219 Å². The molecule has 10 heteroatoms. The fourth-order valence-electron chi connectivity index (χ4n) is 4.79. The van der Waals surface area contributed by atoms with E-state index in [1.807, 2.05) is 11.0 Å². The van der Waals surface area contributed by atoms with Gasteiger partial charge in [0.05, 0.1) is 12.0 Å². The first-order valence-electron chi connectivity index (χ1n) is 12.1. The average Bonchev–Trinajstić information content (AvgIpc) is 2.89. The SMILES string of the molecule is COC(=O)CN(Cc1ccc2c(c1)CCN(CCC1CCNCC1)C2=O)S(=O)(=O)c1ccccc1.Cl. The zero-order valence-electron chi connectivity index (χ0n) is 20.5. The summed E-state index contributed by atoms with van der Waals surface area (Å²) in [4.78, 5) is 27.1. The molecule has 2 aromatic rings. The number of esters is 1. The molecule has 1 saturated heterocycles. The highest BCUT2D eigenvalue weighted by molar-refractivity contribution is 7.89. The van der Waals surface area contributed by atoms with Gasteiger partial charge in [0.1, 0.15) is 6.54 Å². The zero-order valence-corrected chi connectivity index (χ0v) is 22.2. The number of carbonyl (C=O) groups is 2. The van der Waals surface area contributed by atoms with E-state index in [2.05, 4.69) is 5.32 Å². The number of benzene rings is 2. The quantitative estimate of drug-likeness (QED) is 0.496. The molecule has 36 heavy (non-hydrogen) atoms. The van der Waals surface area contributed by atoms with Crippen LogP contribution in [-0.2, 0) is 32.5 Å². The van der Waals surface area contributed by atoms with Crippen molar-refractivity contribution in [1.29, 1.82) is 0 Å². The van der Waals surface area contributed by atoms with Crippen molar-refractivity contribution in [1.82, 2.24) is 14.5 Å². The Balaban J connectivity index is 0.00000361. The summed E-state index contributed by atoms with van der Waals surface area (Å²) in [5.41, 5.74) is 2.32. The van der Waals surface area contributed by atoms with E-state index in [1.54, 1.807) is 30.3 Å². The molecule has 2 aromatic carbocycles. The van der Waals surface area contributed by atoms with Crippen molar-refractivity contribution in [2.24, 2.45) is 5.92 Å². The standard InChI is InChI=1S/C26H33N3O5S.ClH/c1-34-25(30)19-29(35(32,33)23-5-3-2-4-6-23)18-21-7-8-24-22(17-21)12-16-28(26(24)31)15-11-20-9-13-27-14-10-20;/h2-8,17,20,27H,9-16,18-19H2,1H3;1H. The molecule has 8 nitrogen and oxygen atoms in total. The van der Waals surface area contributed by atoms with Gasteiger partial charge in [0, 0.05) is 25.2 Å². The average molecular weight is 536 g/mol. The van der Waals surface area contributed by atoms with Gasteiger partial charge in [-0.25, -0.2) is 8.42 Å². The fourth-order valence-corrected chi connectivity index (χ4v) is 6.18. The third kappa shape index (κ3) is 6.64. The van der Waals surface area contributed by atoms with Crippen LogP contribution in [0.5, 0.6) is 0 Å². The lowest BCUT2D eigenvalue weighted by molar-refractivity contribution is -0.140. The second-order valence-electron chi connectivity index (χ2n) is 9.18. The van der Waals surface area contributed by atoms with Gasteiger partial charge in [0.25, 0.3) is 5.91 Å². The van der Waals surface area contributed by atoms with Gasteiger partial charge in [0.15, 0.2) is 0 Å². The van der Waals surface area contributed by atoms with Crippen LogP contribution in [0.1, 0.15) is 40.7 Å². The van der Waals surface area contributed by atoms with E-state index in [0.29, 0.717) is 18.0 Å². The van der Waals surface area contributed by atoms with E-state index < -0.39 is 22.5 Å². The summed E-state index contributed by atoms with van der Waals surface area (Å²) in [7, 11) is -2.68. The number of nitrogens with zero attached hydrogens (tertiary/aromatic N) is 2.